The molecule has 0 radical (unpaired) electrons. The van der Waals surface area contributed by atoms with Crippen molar-refractivity contribution in [1.29, 1.82) is 0 Å². The van der Waals surface area contributed by atoms with Gasteiger partial charge in [0.1, 0.15) is 11.5 Å². The Hall–Kier alpha value is -1.35. The minimum absolute atomic E-state index is 0.0216. The molecule has 3 nitrogen and oxygen atoms in total. The van der Waals surface area contributed by atoms with Crippen LogP contribution in [0.25, 0.3) is 0 Å². The van der Waals surface area contributed by atoms with Crippen molar-refractivity contribution in [3.05, 3.63) is 29.3 Å². The van der Waals surface area contributed by atoms with Crippen molar-refractivity contribution < 1.29 is 9.90 Å². The third-order valence-corrected chi connectivity index (χ3v) is 7.79. The second-order valence-electron chi connectivity index (χ2n) is 9.45. The highest BCUT2D eigenvalue weighted by Crippen LogP contribution is 2.58. The van der Waals surface area contributed by atoms with Crippen molar-refractivity contribution >= 4 is 5.78 Å². The van der Waals surface area contributed by atoms with Crippen LogP contribution in [0.1, 0.15) is 63.0 Å². The van der Waals surface area contributed by atoms with E-state index >= 15 is 0 Å². The van der Waals surface area contributed by atoms with E-state index in [1.165, 1.54) is 36.9 Å². The molecule has 3 aliphatic carbocycles. The molecule has 2 unspecified atom stereocenters. The summed E-state index contributed by atoms with van der Waals surface area (Å²) in [4.78, 5) is 15.6. The van der Waals surface area contributed by atoms with Crippen LogP contribution in [0.4, 0.5) is 0 Å². The molecule has 2 saturated carbocycles. The number of carbonyl (C=O) groups is 1. The minimum atomic E-state index is -0.0216. The molecule has 1 aromatic carbocycles. The van der Waals surface area contributed by atoms with E-state index in [1.807, 2.05) is 12.1 Å². The molecule has 140 valence electrons. The number of nitrogens with zero attached hydrogens (tertiary/aromatic N) is 1. The van der Waals surface area contributed by atoms with Gasteiger partial charge in [-0.05, 0) is 79.7 Å². The molecule has 0 spiro atoms. The topological polar surface area (TPSA) is 40.5 Å². The smallest absolute Gasteiger partial charge is 0.134 e. The van der Waals surface area contributed by atoms with Gasteiger partial charge in [-0.2, -0.15) is 0 Å². The van der Waals surface area contributed by atoms with Gasteiger partial charge in [0.15, 0.2) is 0 Å². The van der Waals surface area contributed by atoms with Crippen LogP contribution >= 0.6 is 0 Å². The SMILES string of the molecule is CCC[C@@H]1CC(=O)CC23CCN(CC4CC4)C(Cc4ccc(O)cc42)[C@@H]13. The Labute approximate surface area is 156 Å². The number of carbonyl (C=O) groups excluding carboxylic acids is 1. The lowest BCUT2D eigenvalue weighted by molar-refractivity contribution is -0.132. The summed E-state index contributed by atoms with van der Waals surface area (Å²) < 4.78 is 0. The number of likely N-dealkylation sites (tertiary alicyclic amines) is 1. The number of hydrogen-bond acceptors (Lipinski definition) is 3. The molecule has 1 heterocycles. The summed E-state index contributed by atoms with van der Waals surface area (Å²) in [5, 5.41) is 10.2. The molecule has 0 amide bonds. The Bertz CT molecular complexity index is 725. The monoisotopic (exact) mass is 353 g/mol. The van der Waals surface area contributed by atoms with Gasteiger partial charge in [-0.1, -0.05) is 19.4 Å². The normalized spacial score (nSPS) is 36.5. The van der Waals surface area contributed by atoms with Crippen LogP contribution in [-0.4, -0.2) is 34.9 Å². The number of rotatable bonds is 4. The van der Waals surface area contributed by atoms with Gasteiger partial charge in [-0.25, -0.2) is 0 Å². The third kappa shape index (κ3) is 2.54. The fourth-order valence-corrected chi connectivity index (χ4v) is 6.69. The summed E-state index contributed by atoms with van der Waals surface area (Å²) in [6.45, 7) is 4.64. The van der Waals surface area contributed by atoms with Crippen LogP contribution in [0.5, 0.6) is 5.75 Å². The summed E-state index contributed by atoms with van der Waals surface area (Å²) in [6.07, 6.45) is 8.80. The van der Waals surface area contributed by atoms with Crippen LogP contribution < -0.4 is 0 Å². The Morgan fingerprint density at radius 1 is 1.27 bits per heavy atom. The number of benzene rings is 1. The number of fused-ring (bicyclic) bond motifs is 1. The maximum atomic E-state index is 12.8. The van der Waals surface area contributed by atoms with Gasteiger partial charge in [-0.3, -0.25) is 9.69 Å². The molecule has 1 aliphatic heterocycles. The average Bonchev–Trinajstić information content (AvgIpc) is 3.42. The van der Waals surface area contributed by atoms with E-state index in [0.29, 0.717) is 35.8 Å². The van der Waals surface area contributed by atoms with Crippen LogP contribution in [-0.2, 0) is 16.6 Å². The van der Waals surface area contributed by atoms with Gasteiger partial charge >= 0.3 is 0 Å². The first kappa shape index (κ1) is 16.8. The Balaban J connectivity index is 1.62. The molecule has 1 N–H and O–H groups in total. The van der Waals surface area contributed by atoms with Crippen molar-refractivity contribution in [1.82, 2.24) is 4.90 Å². The van der Waals surface area contributed by atoms with Crippen molar-refractivity contribution in [2.75, 3.05) is 13.1 Å². The number of Topliss-reactive ketones (excluding diaryl/α,β-unsaturated/α-hetero) is 1. The lowest BCUT2D eigenvalue weighted by Crippen LogP contribution is -2.64. The van der Waals surface area contributed by atoms with E-state index < -0.39 is 0 Å². The van der Waals surface area contributed by atoms with Crippen molar-refractivity contribution in [3.63, 3.8) is 0 Å². The minimum Gasteiger partial charge on any atom is -0.508 e. The molecular weight excluding hydrogens is 322 g/mol. The van der Waals surface area contributed by atoms with Crippen molar-refractivity contribution in [2.45, 2.75) is 69.7 Å². The van der Waals surface area contributed by atoms with Crippen LogP contribution in [0.15, 0.2) is 18.2 Å². The number of phenolic OH excluding ortho intramolecular Hbond substituents is 1. The molecule has 3 fully saturated rings. The Kier molecular flexibility index (Phi) is 3.93. The average molecular weight is 354 g/mol. The van der Waals surface area contributed by atoms with Crippen molar-refractivity contribution in [2.24, 2.45) is 17.8 Å². The maximum Gasteiger partial charge on any atom is 0.134 e. The predicted molar refractivity (Wildman–Crippen MR) is 102 cm³/mol. The van der Waals surface area contributed by atoms with Gasteiger partial charge in [0.2, 0.25) is 0 Å². The largest absolute Gasteiger partial charge is 0.508 e. The number of hydrogen-bond donors (Lipinski definition) is 1. The van der Waals surface area contributed by atoms with Gasteiger partial charge in [0.25, 0.3) is 0 Å². The van der Waals surface area contributed by atoms with Gasteiger partial charge < -0.3 is 5.11 Å². The highest BCUT2D eigenvalue weighted by Gasteiger charge is 2.58. The van der Waals surface area contributed by atoms with E-state index in [4.69, 9.17) is 0 Å². The van der Waals surface area contributed by atoms with Crippen molar-refractivity contribution in [3.8, 4) is 5.75 Å². The number of phenols is 1. The van der Waals surface area contributed by atoms with Crippen LogP contribution in [0, 0.1) is 17.8 Å². The predicted octanol–water partition coefficient (Wildman–Crippen LogP) is 4.07. The van der Waals surface area contributed by atoms with Gasteiger partial charge in [-0.15, -0.1) is 0 Å². The summed E-state index contributed by atoms with van der Waals surface area (Å²) in [6, 6.07) is 6.55. The zero-order chi connectivity index (χ0) is 17.9. The molecule has 5 rings (SSSR count). The fourth-order valence-electron chi connectivity index (χ4n) is 6.69. The van der Waals surface area contributed by atoms with Gasteiger partial charge in [0.05, 0.1) is 0 Å². The first-order valence-corrected chi connectivity index (χ1v) is 10.7. The molecule has 1 saturated heterocycles. The van der Waals surface area contributed by atoms with E-state index in [1.54, 1.807) is 0 Å². The summed E-state index contributed by atoms with van der Waals surface area (Å²) >= 11 is 0. The number of aromatic hydroxyl groups is 1. The zero-order valence-electron chi connectivity index (χ0n) is 15.9. The first-order valence-electron chi connectivity index (χ1n) is 10.7. The summed E-state index contributed by atoms with van der Waals surface area (Å²) in [5.74, 6) is 2.83. The second-order valence-corrected chi connectivity index (χ2v) is 9.45. The molecule has 26 heavy (non-hydrogen) atoms. The van der Waals surface area contributed by atoms with E-state index in [0.717, 1.165) is 38.1 Å². The Morgan fingerprint density at radius 3 is 2.88 bits per heavy atom. The number of piperidine rings is 1. The van der Waals surface area contributed by atoms with Crippen LogP contribution in [0.3, 0.4) is 0 Å². The van der Waals surface area contributed by atoms with E-state index in [-0.39, 0.29) is 5.41 Å². The highest BCUT2D eigenvalue weighted by molar-refractivity contribution is 5.82. The molecule has 3 heteroatoms. The first-order chi connectivity index (χ1) is 12.6. The zero-order valence-corrected chi connectivity index (χ0v) is 15.9. The standard InChI is InChI=1S/C23H31NO2/c1-2-3-17-10-19(26)13-23-8-9-24(14-15-4-5-15)21(22(17)23)11-16-6-7-18(25)12-20(16)23/h6-7,12,15,17,21-22,25H,2-5,8-11,13-14H2,1H3/t17-,21?,22-,23?/m1/s1. The highest BCUT2D eigenvalue weighted by atomic mass is 16.3. The van der Waals surface area contributed by atoms with Crippen LogP contribution in [0.2, 0.25) is 0 Å². The summed E-state index contributed by atoms with van der Waals surface area (Å²) in [5.41, 5.74) is 2.67. The quantitative estimate of drug-likeness (QED) is 0.887. The molecule has 0 aromatic heterocycles. The van der Waals surface area contributed by atoms with E-state index in [2.05, 4.69) is 17.9 Å². The molecule has 1 aromatic rings. The maximum absolute atomic E-state index is 12.8. The Morgan fingerprint density at radius 2 is 2.12 bits per heavy atom. The fraction of sp³-hybridized carbons (Fsp3) is 0.696. The molecular formula is C23H31NO2. The second kappa shape index (κ2) is 6.09. The van der Waals surface area contributed by atoms with E-state index in [9.17, 15) is 9.90 Å². The molecule has 2 bridgehead atoms. The number of ketones is 1. The summed E-state index contributed by atoms with van der Waals surface area (Å²) in [7, 11) is 0. The lowest BCUT2D eigenvalue weighted by Gasteiger charge is -2.61. The third-order valence-electron chi connectivity index (χ3n) is 7.79. The lowest BCUT2D eigenvalue weighted by atomic mass is 9.48. The van der Waals surface area contributed by atoms with Gasteiger partial charge in [0, 0.05) is 30.8 Å². The molecule has 4 aliphatic rings. The molecule has 4 atom stereocenters.